The van der Waals surface area contributed by atoms with Crippen LogP contribution in [0.5, 0.6) is 5.75 Å². The minimum atomic E-state index is -4.97. The van der Waals surface area contributed by atoms with E-state index in [0.29, 0.717) is 0 Å². The fourth-order valence-electron chi connectivity index (χ4n) is 1.37. The van der Waals surface area contributed by atoms with E-state index in [1.165, 1.54) is 44.7 Å². The van der Waals surface area contributed by atoms with Crippen LogP contribution >= 0.6 is 0 Å². The molecule has 2 heterocycles. The van der Waals surface area contributed by atoms with Crippen LogP contribution in [0.4, 0.5) is 13.2 Å². The van der Waals surface area contributed by atoms with E-state index in [0.717, 1.165) is 12.1 Å². The fraction of sp³-hybridized carbons (Fsp3) is 0.500. The minimum absolute atomic E-state index is 0.183. The van der Waals surface area contributed by atoms with Crippen molar-refractivity contribution in [3.05, 3.63) is 24.5 Å². The number of alkyl halides is 3. The summed E-state index contributed by atoms with van der Waals surface area (Å²) in [5.41, 5.74) is 0. The second-order valence-electron chi connectivity index (χ2n) is 3.88. The van der Waals surface area contributed by atoms with Crippen molar-refractivity contribution in [2.45, 2.75) is 25.4 Å². The fourth-order valence-corrected chi connectivity index (χ4v) is 1.37. The van der Waals surface area contributed by atoms with Crippen LogP contribution in [0.1, 0.15) is 19.3 Å². The number of halogens is 3. The van der Waals surface area contributed by atoms with E-state index in [9.17, 15) is 18.0 Å². The highest BCUT2D eigenvalue weighted by atomic mass is 19.4. The summed E-state index contributed by atoms with van der Waals surface area (Å²) in [6.07, 6.45) is 1.69. The van der Waals surface area contributed by atoms with Gasteiger partial charge < -0.3 is 10.1 Å². The maximum atomic E-state index is 11.6. The first-order valence-electron chi connectivity index (χ1n) is 5.90. The predicted octanol–water partition coefficient (Wildman–Crippen LogP) is 2.31. The van der Waals surface area contributed by atoms with Gasteiger partial charge in [0.05, 0.1) is 0 Å². The smallest absolute Gasteiger partial charge is 0.420 e. The first kappa shape index (κ1) is 15.4. The Morgan fingerprint density at radius 3 is 2.11 bits per heavy atom. The SMILES string of the molecule is C1CCNCC1.O=C(Oc1ccncc1)C(F)(F)F. The van der Waals surface area contributed by atoms with E-state index in [1.54, 1.807) is 0 Å². The van der Waals surface area contributed by atoms with E-state index in [4.69, 9.17) is 0 Å². The average Bonchev–Trinajstić information content (AvgIpc) is 2.41. The van der Waals surface area contributed by atoms with Gasteiger partial charge in [0.2, 0.25) is 0 Å². The zero-order chi connectivity index (χ0) is 14.1. The summed E-state index contributed by atoms with van der Waals surface area (Å²) in [4.78, 5) is 13.8. The van der Waals surface area contributed by atoms with Crippen molar-refractivity contribution in [3.63, 3.8) is 0 Å². The average molecular weight is 276 g/mol. The molecular formula is C12H15F3N2O2. The first-order chi connectivity index (χ1) is 9.00. The highest BCUT2D eigenvalue weighted by Crippen LogP contribution is 2.18. The highest BCUT2D eigenvalue weighted by molar-refractivity contribution is 5.78. The summed E-state index contributed by atoms with van der Waals surface area (Å²) < 4.78 is 38.9. The van der Waals surface area contributed by atoms with Crippen molar-refractivity contribution in [2.24, 2.45) is 0 Å². The lowest BCUT2D eigenvalue weighted by Crippen LogP contribution is -2.27. The molecule has 7 heteroatoms. The molecule has 2 rings (SSSR count). The summed E-state index contributed by atoms with van der Waals surface area (Å²) in [5, 5.41) is 3.28. The van der Waals surface area contributed by atoms with Gasteiger partial charge >= 0.3 is 12.1 Å². The molecule has 1 aliphatic heterocycles. The number of pyridine rings is 1. The molecule has 1 aliphatic rings. The van der Waals surface area contributed by atoms with Gasteiger partial charge in [-0.2, -0.15) is 13.2 Å². The number of rotatable bonds is 1. The Hall–Kier alpha value is -1.63. The Balaban J connectivity index is 0.000000250. The molecule has 106 valence electrons. The highest BCUT2D eigenvalue weighted by Gasteiger charge is 2.41. The van der Waals surface area contributed by atoms with Crippen molar-refractivity contribution >= 4 is 5.97 Å². The molecule has 1 fully saturated rings. The van der Waals surface area contributed by atoms with E-state index < -0.39 is 12.1 Å². The summed E-state index contributed by atoms with van der Waals surface area (Å²) in [6, 6.07) is 2.31. The molecular weight excluding hydrogens is 261 g/mol. The number of hydrogen-bond donors (Lipinski definition) is 1. The van der Waals surface area contributed by atoms with Crippen LogP contribution in [-0.4, -0.2) is 30.2 Å². The van der Waals surface area contributed by atoms with E-state index in [1.807, 2.05) is 0 Å². The lowest BCUT2D eigenvalue weighted by Gasteiger charge is -2.08. The van der Waals surface area contributed by atoms with Crippen LogP contribution < -0.4 is 10.1 Å². The second kappa shape index (κ2) is 7.73. The van der Waals surface area contributed by atoms with E-state index >= 15 is 0 Å². The Morgan fingerprint density at radius 1 is 1.16 bits per heavy atom. The van der Waals surface area contributed by atoms with Crippen molar-refractivity contribution in [1.82, 2.24) is 10.3 Å². The van der Waals surface area contributed by atoms with Gasteiger partial charge in [-0.25, -0.2) is 4.79 Å². The molecule has 0 aliphatic carbocycles. The van der Waals surface area contributed by atoms with Crippen LogP contribution in [0, 0.1) is 0 Å². The number of piperidine rings is 1. The minimum Gasteiger partial charge on any atom is -0.420 e. The van der Waals surface area contributed by atoms with Gasteiger partial charge in [0.1, 0.15) is 5.75 Å². The maximum Gasteiger partial charge on any atom is 0.491 e. The van der Waals surface area contributed by atoms with Gasteiger partial charge in [0.25, 0.3) is 0 Å². The molecule has 1 N–H and O–H groups in total. The van der Waals surface area contributed by atoms with Crippen molar-refractivity contribution in [3.8, 4) is 5.75 Å². The summed E-state index contributed by atoms with van der Waals surface area (Å²) in [6.45, 7) is 2.50. The van der Waals surface area contributed by atoms with Gasteiger partial charge in [0.15, 0.2) is 0 Å². The van der Waals surface area contributed by atoms with Crippen LogP contribution in [0.3, 0.4) is 0 Å². The van der Waals surface area contributed by atoms with Gasteiger partial charge in [-0.3, -0.25) is 4.98 Å². The molecule has 0 aromatic carbocycles. The third-order valence-electron chi connectivity index (χ3n) is 2.30. The van der Waals surface area contributed by atoms with Crippen LogP contribution in [-0.2, 0) is 4.79 Å². The lowest BCUT2D eigenvalue weighted by molar-refractivity contribution is -0.189. The third kappa shape index (κ3) is 6.76. The molecule has 4 nitrogen and oxygen atoms in total. The summed E-state index contributed by atoms with van der Waals surface area (Å²) >= 11 is 0. The van der Waals surface area contributed by atoms with Crippen LogP contribution in [0.15, 0.2) is 24.5 Å². The Labute approximate surface area is 109 Å². The van der Waals surface area contributed by atoms with Gasteiger partial charge in [-0.05, 0) is 38.1 Å². The monoisotopic (exact) mass is 276 g/mol. The van der Waals surface area contributed by atoms with Gasteiger partial charge in [0, 0.05) is 12.4 Å². The maximum absolute atomic E-state index is 11.6. The predicted molar refractivity (Wildman–Crippen MR) is 62.6 cm³/mol. The zero-order valence-corrected chi connectivity index (χ0v) is 10.2. The number of ether oxygens (including phenoxy) is 1. The second-order valence-corrected chi connectivity index (χ2v) is 3.88. The topological polar surface area (TPSA) is 51.2 Å². The molecule has 0 atom stereocenters. The lowest BCUT2D eigenvalue weighted by atomic mass is 10.2. The molecule has 1 saturated heterocycles. The third-order valence-corrected chi connectivity index (χ3v) is 2.30. The number of carbonyl (C=O) groups is 1. The molecule has 0 spiro atoms. The zero-order valence-electron chi connectivity index (χ0n) is 10.2. The molecule has 0 saturated carbocycles. The molecule has 1 aromatic rings. The Morgan fingerprint density at radius 2 is 1.74 bits per heavy atom. The quantitative estimate of drug-likeness (QED) is 0.800. The first-order valence-corrected chi connectivity index (χ1v) is 5.90. The van der Waals surface area contributed by atoms with Crippen molar-refractivity contribution < 1.29 is 22.7 Å². The number of aromatic nitrogens is 1. The molecule has 0 bridgehead atoms. The number of hydrogen-bond acceptors (Lipinski definition) is 4. The standard InChI is InChI=1S/C7H4F3NO2.C5H11N/c8-7(9,10)6(12)13-5-1-3-11-4-2-5;1-2-4-6-5-3-1/h1-4H;6H,1-5H2. The normalized spacial score (nSPS) is 15.1. The Bertz CT molecular complexity index is 367. The molecule has 19 heavy (non-hydrogen) atoms. The summed E-state index contributed by atoms with van der Waals surface area (Å²) in [7, 11) is 0. The van der Waals surface area contributed by atoms with Crippen LogP contribution in [0.2, 0.25) is 0 Å². The molecule has 0 unspecified atom stereocenters. The van der Waals surface area contributed by atoms with Gasteiger partial charge in [-0.1, -0.05) is 6.42 Å². The molecule has 0 amide bonds. The molecule has 1 aromatic heterocycles. The number of esters is 1. The van der Waals surface area contributed by atoms with Gasteiger partial charge in [-0.15, -0.1) is 0 Å². The van der Waals surface area contributed by atoms with Crippen LogP contribution in [0.25, 0.3) is 0 Å². The van der Waals surface area contributed by atoms with E-state index in [-0.39, 0.29) is 5.75 Å². The number of carbonyl (C=O) groups excluding carboxylic acids is 1. The Kier molecular flexibility index (Phi) is 6.27. The molecule has 0 radical (unpaired) electrons. The van der Waals surface area contributed by atoms with E-state index in [2.05, 4.69) is 15.0 Å². The summed E-state index contributed by atoms with van der Waals surface area (Å²) in [5.74, 6) is -2.42. The largest absolute Gasteiger partial charge is 0.491 e. The number of nitrogens with one attached hydrogen (secondary N) is 1. The van der Waals surface area contributed by atoms with Crippen molar-refractivity contribution in [2.75, 3.05) is 13.1 Å². The van der Waals surface area contributed by atoms with Crippen molar-refractivity contribution in [1.29, 1.82) is 0 Å². The number of nitrogens with zero attached hydrogens (tertiary/aromatic N) is 1.